The van der Waals surface area contributed by atoms with Gasteiger partial charge in [-0.1, -0.05) is 30.7 Å². The van der Waals surface area contributed by atoms with Crippen LogP contribution in [-0.2, 0) is 23.1 Å². The largest absolute Gasteiger partial charge is 0.299 e. The Morgan fingerprint density at radius 1 is 1.04 bits per heavy atom. The number of rotatable bonds is 6. The van der Waals surface area contributed by atoms with Crippen LogP contribution in [0.3, 0.4) is 0 Å². The summed E-state index contributed by atoms with van der Waals surface area (Å²) < 4.78 is 27.9. The fraction of sp³-hybridized carbons (Fsp3) is 0.444. The summed E-state index contributed by atoms with van der Waals surface area (Å²) in [5.41, 5.74) is 2.27. The van der Waals surface area contributed by atoms with Crippen molar-refractivity contribution < 1.29 is 8.42 Å². The quantitative estimate of drug-likeness (QED) is 0.853. The zero-order valence-electron chi connectivity index (χ0n) is 14.0. The molecule has 1 fully saturated rings. The van der Waals surface area contributed by atoms with Crippen molar-refractivity contribution in [1.82, 2.24) is 9.62 Å². The number of benzene rings is 1. The van der Waals surface area contributed by atoms with E-state index in [1.165, 1.54) is 36.2 Å². The minimum absolute atomic E-state index is 0.337. The first-order chi connectivity index (χ1) is 11.5. The molecule has 3 rings (SSSR count). The maximum atomic E-state index is 12.4. The molecule has 1 aliphatic rings. The fourth-order valence-corrected chi connectivity index (χ4v) is 5.38. The SMILES string of the molecule is Cc1ccc(S(=O)(=O)NCc2ccccc2CN2CCCCC2)s1. The first kappa shape index (κ1) is 17.6. The van der Waals surface area contributed by atoms with Crippen molar-refractivity contribution in [3.63, 3.8) is 0 Å². The van der Waals surface area contributed by atoms with Crippen LogP contribution in [0, 0.1) is 6.92 Å². The third kappa shape index (κ3) is 4.45. The highest BCUT2D eigenvalue weighted by Crippen LogP contribution is 2.21. The number of sulfonamides is 1. The highest BCUT2D eigenvalue weighted by atomic mass is 32.2. The van der Waals surface area contributed by atoms with Crippen LogP contribution in [0.15, 0.2) is 40.6 Å². The molecule has 1 aromatic heterocycles. The summed E-state index contributed by atoms with van der Waals surface area (Å²) in [6.07, 6.45) is 3.83. The van der Waals surface area contributed by atoms with Gasteiger partial charge in [0.15, 0.2) is 0 Å². The number of nitrogens with zero attached hydrogens (tertiary/aromatic N) is 1. The van der Waals surface area contributed by atoms with Crippen molar-refractivity contribution in [2.45, 2.75) is 43.5 Å². The molecule has 0 bridgehead atoms. The first-order valence-electron chi connectivity index (χ1n) is 8.40. The molecule has 1 N–H and O–H groups in total. The van der Waals surface area contributed by atoms with Gasteiger partial charge in [-0.3, -0.25) is 4.90 Å². The summed E-state index contributed by atoms with van der Waals surface area (Å²) in [5, 5.41) is 0. The molecule has 0 atom stereocenters. The molecule has 1 saturated heterocycles. The average molecular weight is 365 g/mol. The lowest BCUT2D eigenvalue weighted by atomic mass is 10.1. The molecule has 0 spiro atoms. The Morgan fingerprint density at radius 3 is 2.42 bits per heavy atom. The van der Waals surface area contributed by atoms with Crippen LogP contribution in [0.25, 0.3) is 0 Å². The molecule has 130 valence electrons. The highest BCUT2D eigenvalue weighted by Gasteiger charge is 2.17. The van der Waals surface area contributed by atoms with Crippen molar-refractivity contribution in [2.75, 3.05) is 13.1 Å². The predicted molar refractivity (Wildman–Crippen MR) is 98.7 cm³/mol. The van der Waals surface area contributed by atoms with Gasteiger partial charge in [0.1, 0.15) is 4.21 Å². The lowest BCUT2D eigenvalue weighted by Crippen LogP contribution is -2.30. The van der Waals surface area contributed by atoms with E-state index in [1.54, 1.807) is 6.07 Å². The zero-order valence-corrected chi connectivity index (χ0v) is 15.6. The number of nitrogens with one attached hydrogen (secondary N) is 1. The van der Waals surface area contributed by atoms with E-state index < -0.39 is 10.0 Å². The summed E-state index contributed by atoms with van der Waals surface area (Å²) >= 11 is 1.30. The number of hydrogen-bond acceptors (Lipinski definition) is 4. The van der Waals surface area contributed by atoms with E-state index in [4.69, 9.17) is 0 Å². The van der Waals surface area contributed by atoms with Crippen molar-refractivity contribution in [3.8, 4) is 0 Å². The van der Waals surface area contributed by atoms with Gasteiger partial charge in [-0.05, 0) is 56.1 Å². The Hall–Kier alpha value is -1.21. The van der Waals surface area contributed by atoms with Gasteiger partial charge in [0.05, 0.1) is 0 Å². The number of aryl methyl sites for hydroxylation is 1. The molecule has 24 heavy (non-hydrogen) atoms. The molecule has 2 heterocycles. The molecular weight excluding hydrogens is 340 g/mol. The van der Waals surface area contributed by atoms with Crippen LogP contribution in [0.1, 0.15) is 35.3 Å². The summed E-state index contributed by atoms with van der Waals surface area (Å²) in [7, 11) is -3.43. The van der Waals surface area contributed by atoms with E-state index in [9.17, 15) is 8.42 Å². The van der Waals surface area contributed by atoms with Crippen LogP contribution in [0.2, 0.25) is 0 Å². The van der Waals surface area contributed by atoms with E-state index in [1.807, 2.05) is 31.2 Å². The lowest BCUT2D eigenvalue weighted by Gasteiger charge is -2.27. The van der Waals surface area contributed by atoms with E-state index in [0.717, 1.165) is 30.1 Å². The number of likely N-dealkylation sites (tertiary alicyclic amines) is 1. The third-order valence-electron chi connectivity index (χ3n) is 4.39. The van der Waals surface area contributed by atoms with E-state index in [-0.39, 0.29) is 0 Å². The zero-order chi connectivity index (χ0) is 17.0. The average Bonchev–Trinajstić information content (AvgIpc) is 3.03. The standard InChI is InChI=1S/C18H24N2O2S2/c1-15-9-10-18(23-15)24(21,22)19-13-16-7-3-4-8-17(16)14-20-11-5-2-6-12-20/h3-4,7-10,19H,2,5-6,11-14H2,1H3. The van der Waals surface area contributed by atoms with E-state index in [2.05, 4.69) is 15.7 Å². The van der Waals surface area contributed by atoms with Gasteiger partial charge < -0.3 is 0 Å². The minimum Gasteiger partial charge on any atom is -0.299 e. The summed E-state index contributed by atoms with van der Waals surface area (Å²) in [6, 6.07) is 11.6. The number of piperidine rings is 1. The predicted octanol–water partition coefficient (Wildman–Crippen LogP) is 3.52. The van der Waals surface area contributed by atoms with Crippen LogP contribution >= 0.6 is 11.3 Å². The van der Waals surface area contributed by atoms with Gasteiger partial charge in [0.2, 0.25) is 10.0 Å². The maximum Gasteiger partial charge on any atom is 0.250 e. The van der Waals surface area contributed by atoms with Crippen molar-refractivity contribution in [3.05, 3.63) is 52.4 Å². The highest BCUT2D eigenvalue weighted by molar-refractivity contribution is 7.91. The number of hydrogen-bond donors (Lipinski definition) is 1. The lowest BCUT2D eigenvalue weighted by molar-refractivity contribution is 0.220. The molecule has 0 saturated carbocycles. The molecule has 1 aliphatic heterocycles. The second kappa shape index (κ2) is 7.78. The van der Waals surface area contributed by atoms with Gasteiger partial charge in [-0.2, -0.15) is 0 Å². The summed E-state index contributed by atoms with van der Waals surface area (Å²) in [4.78, 5) is 3.46. The number of thiophene rings is 1. The van der Waals surface area contributed by atoms with Crippen LogP contribution in [-0.4, -0.2) is 26.4 Å². The van der Waals surface area contributed by atoms with E-state index >= 15 is 0 Å². The Labute approximate surface area is 148 Å². The normalized spacial score (nSPS) is 16.4. The minimum atomic E-state index is -3.43. The Kier molecular flexibility index (Phi) is 5.71. The van der Waals surface area contributed by atoms with Crippen LogP contribution in [0.4, 0.5) is 0 Å². The molecule has 1 aromatic carbocycles. The summed E-state index contributed by atoms with van der Waals surface area (Å²) in [5.74, 6) is 0. The first-order valence-corrected chi connectivity index (χ1v) is 10.7. The van der Waals surface area contributed by atoms with Gasteiger partial charge in [0, 0.05) is 18.0 Å². The maximum absolute atomic E-state index is 12.4. The molecule has 4 nitrogen and oxygen atoms in total. The third-order valence-corrected chi connectivity index (χ3v) is 7.29. The van der Waals surface area contributed by atoms with Crippen molar-refractivity contribution in [1.29, 1.82) is 0 Å². The molecule has 6 heteroatoms. The smallest absolute Gasteiger partial charge is 0.250 e. The fourth-order valence-electron chi connectivity index (χ4n) is 3.04. The second-order valence-corrected chi connectivity index (χ2v) is 9.58. The van der Waals surface area contributed by atoms with Crippen molar-refractivity contribution >= 4 is 21.4 Å². The monoisotopic (exact) mass is 364 g/mol. The van der Waals surface area contributed by atoms with Crippen LogP contribution in [0.5, 0.6) is 0 Å². The molecule has 0 amide bonds. The Balaban J connectivity index is 1.68. The molecule has 2 aromatic rings. The van der Waals surface area contributed by atoms with Gasteiger partial charge >= 0.3 is 0 Å². The van der Waals surface area contributed by atoms with Gasteiger partial charge in [-0.15, -0.1) is 11.3 Å². The van der Waals surface area contributed by atoms with Gasteiger partial charge in [-0.25, -0.2) is 13.1 Å². The second-order valence-electron chi connectivity index (χ2n) is 6.30. The topological polar surface area (TPSA) is 49.4 Å². The van der Waals surface area contributed by atoms with E-state index in [0.29, 0.717) is 10.8 Å². The van der Waals surface area contributed by atoms with Crippen LogP contribution < -0.4 is 4.72 Å². The summed E-state index contributed by atoms with van der Waals surface area (Å²) in [6.45, 7) is 5.42. The van der Waals surface area contributed by atoms with Crippen molar-refractivity contribution in [2.24, 2.45) is 0 Å². The Bertz CT molecular complexity index is 778. The van der Waals surface area contributed by atoms with Gasteiger partial charge in [0.25, 0.3) is 0 Å². The molecule has 0 aliphatic carbocycles. The molecule has 0 radical (unpaired) electrons. The Morgan fingerprint density at radius 2 is 1.75 bits per heavy atom. The molecule has 0 unspecified atom stereocenters. The molecular formula is C18H24N2O2S2.